The van der Waals surface area contributed by atoms with Gasteiger partial charge in [0, 0.05) is 27.5 Å². The van der Waals surface area contributed by atoms with Crippen molar-refractivity contribution in [1.29, 1.82) is 0 Å². The summed E-state index contributed by atoms with van der Waals surface area (Å²) < 4.78 is 5.03. The third kappa shape index (κ3) is 4.71. The number of ether oxygens (including phenoxy) is 1. The van der Waals surface area contributed by atoms with E-state index in [1.807, 2.05) is 41.3 Å². The second-order valence-corrected chi connectivity index (χ2v) is 8.66. The number of benzene rings is 2. The molecule has 0 bridgehead atoms. The molecule has 1 aromatic heterocycles. The number of nitrogens with zero attached hydrogens (tertiary/aromatic N) is 2. The Morgan fingerprint density at radius 1 is 1.10 bits per heavy atom. The van der Waals surface area contributed by atoms with Gasteiger partial charge in [0.2, 0.25) is 0 Å². The molecule has 2 heterocycles. The SMILES string of the molecule is Cc1ccc(CN(CCc2ccccc2)C(=O)c2cccc(N3CCOC3=O)c2)s1. The number of rotatable bonds is 7. The highest BCUT2D eigenvalue weighted by Crippen LogP contribution is 2.23. The summed E-state index contributed by atoms with van der Waals surface area (Å²) in [6.07, 6.45) is 0.421. The van der Waals surface area contributed by atoms with Crippen LogP contribution in [-0.4, -0.2) is 36.6 Å². The lowest BCUT2D eigenvalue weighted by atomic mass is 10.1. The van der Waals surface area contributed by atoms with E-state index in [9.17, 15) is 9.59 Å². The molecule has 0 saturated carbocycles. The van der Waals surface area contributed by atoms with Crippen molar-refractivity contribution in [3.63, 3.8) is 0 Å². The summed E-state index contributed by atoms with van der Waals surface area (Å²) in [5.41, 5.74) is 2.47. The van der Waals surface area contributed by atoms with Crippen molar-refractivity contribution in [3.05, 3.63) is 87.6 Å². The van der Waals surface area contributed by atoms with Gasteiger partial charge in [-0.15, -0.1) is 11.3 Å². The summed E-state index contributed by atoms with van der Waals surface area (Å²) >= 11 is 1.71. The van der Waals surface area contributed by atoms with Crippen molar-refractivity contribution < 1.29 is 14.3 Å². The summed E-state index contributed by atoms with van der Waals surface area (Å²) in [4.78, 5) is 31.2. The number of carbonyl (C=O) groups is 2. The monoisotopic (exact) mass is 420 g/mol. The first-order chi connectivity index (χ1) is 14.6. The Hall–Kier alpha value is -3.12. The highest BCUT2D eigenvalue weighted by Gasteiger charge is 2.25. The zero-order chi connectivity index (χ0) is 20.9. The van der Waals surface area contributed by atoms with Crippen molar-refractivity contribution in [1.82, 2.24) is 4.90 Å². The summed E-state index contributed by atoms with van der Waals surface area (Å²) in [6.45, 7) is 4.14. The first kappa shape index (κ1) is 20.2. The Bertz CT molecular complexity index is 1030. The predicted octanol–water partition coefficient (Wildman–Crippen LogP) is 4.90. The van der Waals surface area contributed by atoms with E-state index in [0.29, 0.717) is 37.5 Å². The van der Waals surface area contributed by atoms with Crippen LogP contribution in [0, 0.1) is 6.92 Å². The summed E-state index contributed by atoms with van der Waals surface area (Å²) in [5.74, 6) is -0.0357. The van der Waals surface area contributed by atoms with Gasteiger partial charge in [-0.2, -0.15) is 0 Å². The smallest absolute Gasteiger partial charge is 0.414 e. The van der Waals surface area contributed by atoms with Crippen molar-refractivity contribution in [2.75, 3.05) is 24.6 Å². The summed E-state index contributed by atoms with van der Waals surface area (Å²) in [5, 5.41) is 0. The maximum Gasteiger partial charge on any atom is 0.414 e. The summed E-state index contributed by atoms with van der Waals surface area (Å²) in [7, 11) is 0. The van der Waals surface area contributed by atoms with Gasteiger partial charge in [-0.25, -0.2) is 4.79 Å². The molecule has 0 unspecified atom stereocenters. The van der Waals surface area contributed by atoms with E-state index < -0.39 is 0 Å². The number of cyclic esters (lactones) is 1. The fourth-order valence-electron chi connectivity index (χ4n) is 3.54. The van der Waals surface area contributed by atoms with Gasteiger partial charge in [-0.05, 0) is 49.2 Å². The van der Waals surface area contributed by atoms with Crippen molar-refractivity contribution in [3.8, 4) is 0 Å². The molecule has 1 fully saturated rings. The van der Waals surface area contributed by atoms with Crippen LogP contribution in [0.4, 0.5) is 10.5 Å². The topological polar surface area (TPSA) is 49.9 Å². The van der Waals surface area contributed by atoms with Crippen LogP contribution in [0.3, 0.4) is 0 Å². The molecule has 2 aromatic carbocycles. The largest absolute Gasteiger partial charge is 0.447 e. The van der Waals surface area contributed by atoms with Gasteiger partial charge in [0.25, 0.3) is 5.91 Å². The molecule has 1 saturated heterocycles. The molecule has 1 aliphatic heterocycles. The minimum Gasteiger partial charge on any atom is -0.447 e. The Kier molecular flexibility index (Phi) is 6.14. The number of carbonyl (C=O) groups excluding carboxylic acids is 2. The van der Waals surface area contributed by atoms with Crippen LogP contribution in [0.5, 0.6) is 0 Å². The Labute approximate surface area is 180 Å². The molecule has 0 atom stereocenters. The first-order valence-electron chi connectivity index (χ1n) is 10.0. The van der Waals surface area contributed by atoms with E-state index in [2.05, 4.69) is 31.2 Å². The van der Waals surface area contributed by atoms with Crippen LogP contribution >= 0.6 is 11.3 Å². The van der Waals surface area contributed by atoms with Crippen molar-refractivity contribution >= 4 is 29.0 Å². The average molecular weight is 421 g/mol. The third-order valence-electron chi connectivity index (χ3n) is 5.11. The standard InChI is InChI=1S/C24H24N2O3S/c1-18-10-11-22(30-18)17-25(13-12-19-6-3-2-4-7-19)23(27)20-8-5-9-21(16-20)26-14-15-29-24(26)28/h2-11,16H,12-15,17H2,1H3. The number of hydrogen-bond acceptors (Lipinski definition) is 4. The zero-order valence-corrected chi connectivity index (χ0v) is 17.7. The normalized spacial score (nSPS) is 13.4. The maximum atomic E-state index is 13.4. The highest BCUT2D eigenvalue weighted by atomic mass is 32.1. The first-order valence-corrected chi connectivity index (χ1v) is 10.8. The van der Waals surface area contributed by atoms with Gasteiger partial charge in [0.1, 0.15) is 6.61 Å². The lowest BCUT2D eigenvalue weighted by molar-refractivity contribution is 0.0746. The zero-order valence-electron chi connectivity index (χ0n) is 16.9. The summed E-state index contributed by atoms with van der Waals surface area (Å²) in [6, 6.07) is 21.6. The molecule has 0 aliphatic carbocycles. The lowest BCUT2D eigenvalue weighted by Gasteiger charge is -2.23. The molecular formula is C24H24N2O3S. The number of anilines is 1. The second kappa shape index (κ2) is 9.13. The molecule has 4 rings (SSSR count). The number of aryl methyl sites for hydroxylation is 1. The fourth-order valence-corrected chi connectivity index (χ4v) is 4.44. The van der Waals surface area contributed by atoms with E-state index >= 15 is 0 Å². The minimum absolute atomic E-state index is 0.0357. The molecule has 3 aromatic rings. The molecular weight excluding hydrogens is 396 g/mol. The van der Waals surface area contributed by atoms with E-state index in [0.717, 1.165) is 11.3 Å². The van der Waals surface area contributed by atoms with Gasteiger partial charge >= 0.3 is 6.09 Å². The highest BCUT2D eigenvalue weighted by molar-refractivity contribution is 7.11. The van der Waals surface area contributed by atoms with Crippen LogP contribution in [0.1, 0.15) is 25.7 Å². The molecule has 0 radical (unpaired) electrons. The maximum absolute atomic E-state index is 13.4. The lowest BCUT2D eigenvalue weighted by Crippen LogP contribution is -2.32. The number of amides is 2. The van der Waals surface area contributed by atoms with Crippen molar-refractivity contribution in [2.24, 2.45) is 0 Å². The van der Waals surface area contributed by atoms with Gasteiger partial charge < -0.3 is 9.64 Å². The van der Waals surface area contributed by atoms with Crippen molar-refractivity contribution in [2.45, 2.75) is 19.9 Å². The van der Waals surface area contributed by atoms with Gasteiger partial charge in [0.15, 0.2) is 0 Å². The van der Waals surface area contributed by atoms with Crippen LogP contribution in [0.2, 0.25) is 0 Å². The Balaban J connectivity index is 1.55. The van der Waals surface area contributed by atoms with E-state index in [1.165, 1.54) is 10.4 Å². The second-order valence-electron chi connectivity index (χ2n) is 7.29. The molecule has 0 N–H and O–H groups in total. The quantitative estimate of drug-likeness (QED) is 0.546. The minimum atomic E-state index is -0.366. The van der Waals surface area contributed by atoms with E-state index in [4.69, 9.17) is 4.74 Å². The predicted molar refractivity (Wildman–Crippen MR) is 119 cm³/mol. The number of thiophene rings is 1. The van der Waals surface area contributed by atoms with E-state index in [-0.39, 0.29) is 12.0 Å². The van der Waals surface area contributed by atoms with Crippen LogP contribution in [-0.2, 0) is 17.7 Å². The Morgan fingerprint density at radius 2 is 1.93 bits per heavy atom. The van der Waals surface area contributed by atoms with Gasteiger partial charge in [0.05, 0.1) is 13.1 Å². The van der Waals surface area contributed by atoms with E-state index in [1.54, 1.807) is 22.3 Å². The average Bonchev–Trinajstić information content (AvgIpc) is 3.39. The van der Waals surface area contributed by atoms with Gasteiger partial charge in [-0.1, -0.05) is 36.4 Å². The molecule has 2 amide bonds. The molecule has 5 nitrogen and oxygen atoms in total. The van der Waals surface area contributed by atoms with Crippen LogP contribution < -0.4 is 4.90 Å². The van der Waals surface area contributed by atoms with Crippen LogP contribution in [0.15, 0.2) is 66.7 Å². The molecule has 30 heavy (non-hydrogen) atoms. The molecule has 154 valence electrons. The molecule has 0 spiro atoms. The Morgan fingerprint density at radius 3 is 2.63 bits per heavy atom. The van der Waals surface area contributed by atoms with Crippen LogP contribution in [0.25, 0.3) is 0 Å². The number of hydrogen-bond donors (Lipinski definition) is 0. The third-order valence-corrected chi connectivity index (χ3v) is 6.09. The van der Waals surface area contributed by atoms with Gasteiger partial charge in [-0.3, -0.25) is 9.69 Å². The molecule has 6 heteroatoms. The fraction of sp³-hybridized carbons (Fsp3) is 0.250. The molecule has 1 aliphatic rings.